The minimum Gasteiger partial charge on any atom is -0.396 e. The molecular weight excluding hydrogens is 705 g/mol. The van der Waals surface area contributed by atoms with Crippen molar-refractivity contribution in [1.29, 1.82) is 0 Å². The number of benzene rings is 1. The van der Waals surface area contributed by atoms with Gasteiger partial charge < -0.3 is 35.6 Å². The van der Waals surface area contributed by atoms with E-state index in [2.05, 4.69) is 54.5 Å². The van der Waals surface area contributed by atoms with Gasteiger partial charge in [0.25, 0.3) is 0 Å². The average Bonchev–Trinajstić information content (AvgIpc) is 3.38. The third-order valence-corrected chi connectivity index (χ3v) is 14.7. The average molecular weight is 775 g/mol. The zero-order valence-corrected chi connectivity index (χ0v) is 34.7. The summed E-state index contributed by atoms with van der Waals surface area (Å²) >= 11 is 0. The van der Waals surface area contributed by atoms with E-state index in [1.54, 1.807) is 7.11 Å². The first-order valence-electron chi connectivity index (χ1n) is 20.9. The first-order chi connectivity index (χ1) is 26.7. The number of aliphatic hydroxyl groups is 5. The number of hydrogen-bond donors (Lipinski definition) is 7. The second-order valence-electron chi connectivity index (χ2n) is 17.8. The number of aliphatic hydroxyl groups excluding tert-OH is 4. The van der Waals surface area contributed by atoms with Gasteiger partial charge in [0.1, 0.15) is 12.5 Å². The summed E-state index contributed by atoms with van der Waals surface area (Å²) in [5.74, 6) is 0.0601. The van der Waals surface area contributed by atoms with Crippen molar-refractivity contribution in [3.63, 3.8) is 0 Å². The third-order valence-electron chi connectivity index (χ3n) is 14.7. The number of methoxy groups -OCH3 is 1. The van der Waals surface area contributed by atoms with Crippen molar-refractivity contribution in [1.82, 2.24) is 10.6 Å². The van der Waals surface area contributed by atoms with Gasteiger partial charge in [0.15, 0.2) is 0 Å². The molecule has 0 radical (unpaired) electrons. The summed E-state index contributed by atoms with van der Waals surface area (Å²) in [6.07, 6.45) is 15.1. The van der Waals surface area contributed by atoms with Gasteiger partial charge in [-0.1, -0.05) is 66.3 Å². The van der Waals surface area contributed by atoms with Gasteiger partial charge in [-0.25, -0.2) is 0 Å². The number of nitrogens with one attached hydrogen (secondary N) is 2. The molecule has 0 saturated heterocycles. The first-order valence-corrected chi connectivity index (χ1v) is 20.9. The lowest BCUT2D eigenvalue weighted by molar-refractivity contribution is -0.240. The summed E-state index contributed by atoms with van der Waals surface area (Å²) in [4.78, 5) is 12.3. The van der Waals surface area contributed by atoms with Crippen molar-refractivity contribution in [3.8, 4) is 0 Å². The molecule has 4 bridgehead atoms. The number of ether oxygens (including phenoxy) is 1. The fraction of sp³-hybridized carbons (Fsp3) is 0.638. The molecule has 9 heteroatoms. The second-order valence-corrected chi connectivity index (χ2v) is 17.8. The Morgan fingerprint density at radius 2 is 1.84 bits per heavy atom. The minimum absolute atomic E-state index is 0.00845. The highest BCUT2D eigenvalue weighted by Gasteiger charge is 2.76. The van der Waals surface area contributed by atoms with E-state index in [4.69, 9.17) is 4.74 Å². The second kappa shape index (κ2) is 18.5. The predicted molar refractivity (Wildman–Crippen MR) is 223 cm³/mol. The molecule has 1 aromatic carbocycles. The summed E-state index contributed by atoms with van der Waals surface area (Å²) in [5, 5.41) is 64.7. The molecule has 9 nitrogen and oxygen atoms in total. The molecule has 8 atom stereocenters. The van der Waals surface area contributed by atoms with Gasteiger partial charge in [0.2, 0.25) is 0 Å². The molecule has 56 heavy (non-hydrogen) atoms. The maximum atomic E-state index is 12.9. The van der Waals surface area contributed by atoms with E-state index in [-0.39, 0.29) is 24.7 Å². The summed E-state index contributed by atoms with van der Waals surface area (Å²) in [6, 6.07) is 8.66. The largest absolute Gasteiger partial charge is 0.396 e. The number of rotatable bonds is 15. The van der Waals surface area contributed by atoms with Crippen LogP contribution in [0, 0.1) is 22.2 Å². The summed E-state index contributed by atoms with van der Waals surface area (Å²) < 4.78 is 5.41. The zero-order valence-electron chi connectivity index (χ0n) is 34.7. The van der Waals surface area contributed by atoms with Crippen molar-refractivity contribution in [2.45, 2.75) is 128 Å². The fourth-order valence-corrected chi connectivity index (χ4v) is 11.6. The lowest BCUT2D eigenvalue weighted by Crippen LogP contribution is -2.69. The Kier molecular flexibility index (Phi) is 14.6. The van der Waals surface area contributed by atoms with Crippen molar-refractivity contribution in [3.05, 3.63) is 94.1 Å². The monoisotopic (exact) mass is 775 g/mol. The molecule has 3 fully saturated rings. The molecule has 5 rings (SSSR count). The third kappa shape index (κ3) is 8.26. The summed E-state index contributed by atoms with van der Waals surface area (Å²) in [5.41, 5.74) is 2.73. The molecule has 8 unspecified atom stereocenters. The summed E-state index contributed by atoms with van der Waals surface area (Å²) in [7, 11) is 3.57. The number of allylic oxidation sites excluding steroid dienone is 7. The number of fused-ring (bicyclic) bond motifs is 3. The molecule has 0 aromatic heterocycles. The van der Waals surface area contributed by atoms with Crippen LogP contribution in [0.15, 0.2) is 83.0 Å². The molecule has 1 aliphatic heterocycles. The van der Waals surface area contributed by atoms with Crippen LogP contribution in [-0.2, 0) is 22.4 Å². The highest BCUT2D eigenvalue weighted by molar-refractivity contribution is 5.74. The van der Waals surface area contributed by atoms with Crippen LogP contribution in [0.2, 0.25) is 0 Å². The van der Waals surface area contributed by atoms with Crippen molar-refractivity contribution in [2.75, 3.05) is 40.5 Å². The maximum Gasteiger partial charge on any atom is 0.145 e. The quantitative estimate of drug-likeness (QED) is 0.0508. The van der Waals surface area contributed by atoms with Gasteiger partial charge >= 0.3 is 0 Å². The van der Waals surface area contributed by atoms with Crippen LogP contribution in [0.25, 0.3) is 0 Å². The van der Waals surface area contributed by atoms with E-state index in [0.29, 0.717) is 82.9 Å². The van der Waals surface area contributed by atoms with Crippen LogP contribution >= 0.6 is 0 Å². The Hall–Kier alpha value is -2.73. The molecule has 1 spiro atoms. The van der Waals surface area contributed by atoms with Gasteiger partial charge in [-0.05, 0) is 152 Å². The van der Waals surface area contributed by atoms with E-state index < -0.39 is 34.2 Å². The maximum absolute atomic E-state index is 12.9. The topological polar surface area (TPSA) is 152 Å². The molecule has 310 valence electrons. The normalized spacial score (nSPS) is 36.0. The van der Waals surface area contributed by atoms with Gasteiger partial charge in [-0.2, -0.15) is 0 Å². The van der Waals surface area contributed by atoms with Crippen molar-refractivity contribution in [2.24, 2.45) is 22.2 Å². The minimum atomic E-state index is -1.20. The molecular formula is C47H70N2O7. The SMILES string of the molecule is C=C(C=CC=C(CO)C12CCC3(CCCO)C(=C(C)C=O)CCC(O)(CCNC)C3(CC1)C2O)C1CC=C(C)C(O)NC(C)(CCOC)Cc2cccc(c2)C1. The highest BCUT2D eigenvalue weighted by atomic mass is 16.5. The van der Waals surface area contributed by atoms with Crippen LogP contribution < -0.4 is 10.6 Å². The molecule has 1 heterocycles. The van der Waals surface area contributed by atoms with E-state index in [1.165, 1.54) is 11.1 Å². The molecule has 4 aliphatic rings. The zero-order chi connectivity index (χ0) is 40.8. The Balaban J connectivity index is 1.47. The fourth-order valence-electron chi connectivity index (χ4n) is 11.6. The Morgan fingerprint density at radius 3 is 2.54 bits per heavy atom. The van der Waals surface area contributed by atoms with Crippen molar-refractivity contribution < 1.29 is 35.1 Å². The number of hydrogen-bond acceptors (Lipinski definition) is 9. The lowest BCUT2D eigenvalue weighted by Gasteiger charge is -2.67. The van der Waals surface area contributed by atoms with E-state index >= 15 is 0 Å². The molecule has 7 N–H and O–H groups in total. The van der Waals surface area contributed by atoms with Crippen LogP contribution in [0.4, 0.5) is 0 Å². The molecule has 3 saturated carbocycles. The smallest absolute Gasteiger partial charge is 0.145 e. The van der Waals surface area contributed by atoms with E-state index in [0.717, 1.165) is 47.8 Å². The number of carbonyl (C=O) groups is 1. The molecule has 1 aromatic rings. The number of aldehydes is 1. The number of carbonyl (C=O) groups excluding carboxylic acids is 1. The van der Waals surface area contributed by atoms with Gasteiger partial charge in [-0.3, -0.25) is 10.1 Å². The molecule has 3 aliphatic carbocycles. The first kappa shape index (κ1) is 44.4. The van der Waals surface area contributed by atoms with Crippen molar-refractivity contribution >= 4 is 6.29 Å². The Morgan fingerprint density at radius 1 is 1.09 bits per heavy atom. The van der Waals surface area contributed by atoms with Crippen LogP contribution in [0.3, 0.4) is 0 Å². The summed E-state index contributed by atoms with van der Waals surface area (Å²) in [6.45, 7) is 11.4. The van der Waals surface area contributed by atoms with Crippen LogP contribution in [-0.4, -0.2) is 95.8 Å². The van der Waals surface area contributed by atoms with E-state index in [9.17, 15) is 30.3 Å². The standard InChI is InChI=1S/C47H70N2O7/c1-33(38-15-14-34(2)41(53)49-43(4,24-27-56-6)30-37-12-8-11-36(28-37)29-38)10-7-13-39(32-52)44-19-21-45(17-9-26-50)40(35(3)31-51)16-18-46(55,23-25-48-5)47(45,22-20-44)42(44)54/h7-8,10-14,28,31,38,41-42,48-50,52-55H,1,9,15-27,29-30,32H2,2-6H3. The molecule has 0 amide bonds. The predicted octanol–water partition coefficient (Wildman–Crippen LogP) is 5.80. The Bertz CT molecular complexity index is 1680. The van der Waals surface area contributed by atoms with Gasteiger partial charge in [0.05, 0.1) is 18.3 Å². The Labute approximate surface area is 335 Å². The highest BCUT2D eigenvalue weighted by Crippen LogP contribution is 2.77. The van der Waals surface area contributed by atoms with Gasteiger partial charge in [0, 0.05) is 42.1 Å². The van der Waals surface area contributed by atoms with E-state index in [1.807, 2.05) is 39.1 Å². The lowest BCUT2D eigenvalue weighted by atomic mass is 9.39. The van der Waals surface area contributed by atoms with Crippen LogP contribution in [0.1, 0.15) is 103 Å². The van der Waals surface area contributed by atoms with Gasteiger partial charge in [-0.15, -0.1) is 0 Å². The van der Waals surface area contributed by atoms with Crippen LogP contribution in [0.5, 0.6) is 0 Å².